The van der Waals surface area contributed by atoms with Crippen LogP contribution in [0.4, 0.5) is 5.13 Å². The number of ether oxygens (including phenoxy) is 1. The standard InChI is InChI=1S/C13H15N5O4S2/c1-5-6-3-23-8(17-9(6)12(20)22-5)2-15-11(19)10(18-21)7-4-24-13(14)16-7/h4-6,8,10H,2-3H2,1H3,(H2,14,16)(H,15,19)/t5?,6?,8-,10?/m1/s1. The number of amides is 1. The molecular weight excluding hydrogens is 354 g/mol. The predicted molar refractivity (Wildman–Crippen MR) is 90.8 cm³/mol. The molecule has 1 saturated heterocycles. The first-order chi connectivity index (χ1) is 11.5. The van der Waals surface area contributed by atoms with Gasteiger partial charge >= 0.3 is 5.97 Å². The maximum atomic E-state index is 12.1. The van der Waals surface area contributed by atoms with E-state index in [1.54, 1.807) is 0 Å². The molecule has 3 heterocycles. The normalized spacial score (nSPS) is 27.0. The summed E-state index contributed by atoms with van der Waals surface area (Å²) in [4.78, 5) is 43.1. The largest absolute Gasteiger partial charge is 0.457 e. The number of cyclic esters (lactones) is 1. The molecule has 128 valence electrons. The monoisotopic (exact) mass is 369 g/mol. The van der Waals surface area contributed by atoms with Crippen molar-refractivity contribution in [1.29, 1.82) is 0 Å². The van der Waals surface area contributed by atoms with E-state index in [1.165, 1.54) is 17.1 Å². The van der Waals surface area contributed by atoms with Gasteiger partial charge in [0.2, 0.25) is 6.04 Å². The average Bonchev–Trinajstić information content (AvgIpc) is 3.10. The van der Waals surface area contributed by atoms with Crippen LogP contribution < -0.4 is 11.1 Å². The molecule has 1 fully saturated rings. The summed E-state index contributed by atoms with van der Waals surface area (Å²) in [7, 11) is 0. The third-order valence-electron chi connectivity index (χ3n) is 3.80. The van der Waals surface area contributed by atoms with Gasteiger partial charge in [-0.05, 0) is 12.1 Å². The lowest BCUT2D eigenvalue weighted by Gasteiger charge is -2.22. The molecule has 3 N–H and O–H groups in total. The minimum absolute atomic E-state index is 0.00294. The fourth-order valence-corrected chi connectivity index (χ4v) is 4.34. The van der Waals surface area contributed by atoms with Crippen molar-refractivity contribution in [3.8, 4) is 0 Å². The molecule has 1 aromatic rings. The van der Waals surface area contributed by atoms with Crippen molar-refractivity contribution in [2.45, 2.75) is 24.4 Å². The second kappa shape index (κ2) is 6.85. The van der Waals surface area contributed by atoms with Crippen LogP contribution in [0.5, 0.6) is 0 Å². The highest BCUT2D eigenvalue weighted by Crippen LogP contribution is 2.31. The number of thiazole rings is 1. The molecule has 1 aromatic heterocycles. The van der Waals surface area contributed by atoms with Crippen molar-refractivity contribution in [2.24, 2.45) is 16.1 Å². The maximum absolute atomic E-state index is 12.1. The molecule has 0 bridgehead atoms. The van der Waals surface area contributed by atoms with Crippen LogP contribution in [0.25, 0.3) is 0 Å². The summed E-state index contributed by atoms with van der Waals surface area (Å²) >= 11 is 2.66. The molecule has 11 heteroatoms. The zero-order valence-corrected chi connectivity index (χ0v) is 14.3. The van der Waals surface area contributed by atoms with Gasteiger partial charge in [0, 0.05) is 17.7 Å². The fraction of sp³-hybridized carbons (Fsp3) is 0.538. The van der Waals surface area contributed by atoms with E-state index < -0.39 is 17.9 Å². The topological polar surface area (TPSA) is 136 Å². The van der Waals surface area contributed by atoms with Gasteiger partial charge < -0.3 is 15.8 Å². The first-order valence-electron chi connectivity index (χ1n) is 7.21. The van der Waals surface area contributed by atoms with Crippen molar-refractivity contribution in [3.05, 3.63) is 16.0 Å². The lowest BCUT2D eigenvalue weighted by atomic mass is 10.0. The van der Waals surface area contributed by atoms with Gasteiger partial charge in [0.1, 0.15) is 17.2 Å². The van der Waals surface area contributed by atoms with Crippen LogP contribution in [-0.2, 0) is 14.3 Å². The molecule has 0 aliphatic carbocycles. The van der Waals surface area contributed by atoms with Crippen LogP contribution in [0.2, 0.25) is 0 Å². The molecule has 2 aliphatic rings. The van der Waals surface area contributed by atoms with E-state index >= 15 is 0 Å². The Hall–Kier alpha value is -2.01. The van der Waals surface area contributed by atoms with E-state index in [0.29, 0.717) is 11.5 Å². The number of carbonyl (C=O) groups is 2. The number of aromatic nitrogens is 1. The first kappa shape index (κ1) is 16.8. The molecule has 2 aliphatic heterocycles. The number of thioether (sulfide) groups is 1. The summed E-state index contributed by atoms with van der Waals surface area (Å²) in [6, 6.07) is -1.25. The van der Waals surface area contributed by atoms with Gasteiger partial charge in [-0.15, -0.1) is 28.0 Å². The lowest BCUT2D eigenvalue weighted by molar-refractivity contribution is -0.136. The van der Waals surface area contributed by atoms with Crippen LogP contribution in [0, 0.1) is 10.8 Å². The number of fused-ring (bicyclic) bond motifs is 1. The number of carbonyl (C=O) groups excluding carboxylic acids is 2. The smallest absolute Gasteiger partial charge is 0.353 e. The third kappa shape index (κ3) is 3.26. The molecule has 9 nitrogen and oxygen atoms in total. The molecule has 1 amide bonds. The Bertz CT molecular complexity index is 706. The number of nitrogens with two attached hydrogens (primary N) is 1. The van der Waals surface area contributed by atoms with Crippen LogP contribution in [-0.4, -0.2) is 46.3 Å². The molecule has 0 spiro atoms. The zero-order valence-electron chi connectivity index (χ0n) is 12.7. The summed E-state index contributed by atoms with van der Waals surface area (Å²) in [5.74, 6) is -0.267. The molecule has 0 saturated carbocycles. The van der Waals surface area contributed by atoms with Gasteiger partial charge in [-0.25, -0.2) is 9.78 Å². The van der Waals surface area contributed by atoms with Crippen LogP contribution in [0.15, 0.2) is 15.5 Å². The highest BCUT2D eigenvalue weighted by molar-refractivity contribution is 8.00. The second-order valence-electron chi connectivity index (χ2n) is 5.38. The molecule has 3 unspecified atom stereocenters. The number of rotatable bonds is 5. The van der Waals surface area contributed by atoms with Crippen molar-refractivity contribution in [1.82, 2.24) is 10.3 Å². The minimum Gasteiger partial charge on any atom is -0.457 e. The quantitative estimate of drug-likeness (QED) is 0.576. The Morgan fingerprint density at radius 3 is 3.08 bits per heavy atom. The number of hydrogen-bond donors (Lipinski definition) is 2. The van der Waals surface area contributed by atoms with E-state index in [2.05, 4.69) is 20.5 Å². The summed E-state index contributed by atoms with van der Waals surface area (Å²) < 4.78 is 5.15. The van der Waals surface area contributed by atoms with E-state index in [0.717, 1.165) is 11.3 Å². The number of esters is 1. The predicted octanol–water partition coefficient (Wildman–Crippen LogP) is 0.724. The van der Waals surface area contributed by atoms with Gasteiger partial charge in [0.05, 0.1) is 11.6 Å². The first-order valence-corrected chi connectivity index (χ1v) is 9.13. The number of nitroso groups, excluding NO2 is 1. The highest BCUT2D eigenvalue weighted by atomic mass is 32.2. The lowest BCUT2D eigenvalue weighted by Crippen LogP contribution is -2.37. The molecule has 0 radical (unpaired) electrons. The van der Waals surface area contributed by atoms with Gasteiger partial charge in [0.15, 0.2) is 5.13 Å². The Morgan fingerprint density at radius 2 is 2.42 bits per heavy atom. The fourth-order valence-electron chi connectivity index (χ4n) is 2.51. The number of anilines is 1. The Labute approximate surface area is 145 Å². The summed E-state index contributed by atoms with van der Waals surface area (Å²) in [6.45, 7) is 2.03. The molecule has 24 heavy (non-hydrogen) atoms. The molecule has 3 rings (SSSR count). The molecule has 4 atom stereocenters. The van der Waals surface area contributed by atoms with Crippen molar-refractivity contribution < 1.29 is 14.3 Å². The Balaban J connectivity index is 1.61. The van der Waals surface area contributed by atoms with Crippen LogP contribution in [0.3, 0.4) is 0 Å². The number of nitrogens with zero attached hydrogens (tertiary/aromatic N) is 3. The van der Waals surface area contributed by atoms with E-state index in [9.17, 15) is 14.5 Å². The SMILES string of the molecule is CC1OC(=O)C2=N[C@@H](CNC(=O)C(N=O)c3csc(N)n3)SCC21. The third-order valence-corrected chi connectivity index (χ3v) is 5.70. The van der Waals surface area contributed by atoms with Crippen molar-refractivity contribution in [3.63, 3.8) is 0 Å². The van der Waals surface area contributed by atoms with Gasteiger partial charge in [-0.2, -0.15) is 0 Å². The number of nitrogen functional groups attached to an aromatic ring is 1. The highest BCUT2D eigenvalue weighted by Gasteiger charge is 2.42. The van der Waals surface area contributed by atoms with E-state index in [4.69, 9.17) is 10.5 Å². The Morgan fingerprint density at radius 1 is 1.62 bits per heavy atom. The van der Waals surface area contributed by atoms with Gasteiger partial charge in [-0.3, -0.25) is 9.79 Å². The molecule has 0 aromatic carbocycles. The van der Waals surface area contributed by atoms with Crippen molar-refractivity contribution in [2.75, 3.05) is 18.0 Å². The molecular formula is C13H15N5O4S2. The van der Waals surface area contributed by atoms with E-state index in [1.807, 2.05) is 6.92 Å². The zero-order chi connectivity index (χ0) is 17.3. The summed E-state index contributed by atoms with van der Waals surface area (Å²) in [5, 5.41) is 6.94. The van der Waals surface area contributed by atoms with Crippen molar-refractivity contribution >= 4 is 45.8 Å². The number of aliphatic imine (C=N–C) groups is 1. The minimum atomic E-state index is -1.25. The van der Waals surface area contributed by atoms with Gasteiger partial charge in [0.25, 0.3) is 5.91 Å². The average molecular weight is 369 g/mol. The van der Waals surface area contributed by atoms with Gasteiger partial charge in [-0.1, -0.05) is 0 Å². The van der Waals surface area contributed by atoms with Crippen LogP contribution >= 0.6 is 23.1 Å². The maximum Gasteiger partial charge on any atom is 0.353 e. The van der Waals surface area contributed by atoms with Crippen LogP contribution in [0.1, 0.15) is 18.7 Å². The number of hydrogen-bond acceptors (Lipinski definition) is 10. The summed E-state index contributed by atoms with van der Waals surface area (Å²) in [5.41, 5.74) is 6.15. The Kier molecular flexibility index (Phi) is 4.81. The van der Waals surface area contributed by atoms with E-state index in [-0.39, 0.29) is 34.8 Å². The number of nitrogens with one attached hydrogen (secondary N) is 1. The summed E-state index contributed by atoms with van der Waals surface area (Å²) in [6.07, 6.45) is -0.168. The second-order valence-corrected chi connectivity index (χ2v) is 7.48.